The topological polar surface area (TPSA) is 0 Å². The SMILES string of the molecule is CC1CC(C(Cl)C(C)C)C1. The van der Waals surface area contributed by atoms with E-state index in [0.717, 1.165) is 11.8 Å². The maximum Gasteiger partial charge on any atom is 0.0387 e. The van der Waals surface area contributed by atoms with Gasteiger partial charge in [0.15, 0.2) is 0 Å². The molecule has 1 atom stereocenters. The highest BCUT2D eigenvalue weighted by molar-refractivity contribution is 6.21. The first-order valence-corrected chi connectivity index (χ1v) is 4.69. The molecule has 1 fully saturated rings. The number of halogens is 1. The van der Waals surface area contributed by atoms with Crippen LogP contribution in [0, 0.1) is 17.8 Å². The normalized spacial score (nSPS) is 35.7. The van der Waals surface area contributed by atoms with Crippen LogP contribution in [0.2, 0.25) is 0 Å². The summed E-state index contributed by atoms with van der Waals surface area (Å²) >= 11 is 6.18. The third kappa shape index (κ3) is 1.66. The average molecular weight is 161 g/mol. The van der Waals surface area contributed by atoms with Crippen molar-refractivity contribution in [2.45, 2.75) is 39.0 Å². The van der Waals surface area contributed by atoms with Gasteiger partial charge in [0.25, 0.3) is 0 Å². The zero-order chi connectivity index (χ0) is 7.72. The second-order valence-corrected chi connectivity index (χ2v) is 4.53. The van der Waals surface area contributed by atoms with Gasteiger partial charge in [-0.25, -0.2) is 0 Å². The van der Waals surface area contributed by atoms with Gasteiger partial charge in [-0.2, -0.15) is 0 Å². The molecule has 0 bridgehead atoms. The summed E-state index contributed by atoms with van der Waals surface area (Å²) in [5, 5.41) is 0.427. The van der Waals surface area contributed by atoms with Crippen molar-refractivity contribution in [3.05, 3.63) is 0 Å². The highest BCUT2D eigenvalue weighted by atomic mass is 35.5. The van der Waals surface area contributed by atoms with Crippen molar-refractivity contribution >= 4 is 11.6 Å². The maximum atomic E-state index is 6.18. The highest BCUT2D eigenvalue weighted by Crippen LogP contribution is 2.39. The molecule has 10 heavy (non-hydrogen) atoms. The first-order valence-electron chi connectivity index (χ1n) is 4.25. The first-order chi connectivity index (χ1) is 4.61. The number of hydrogen-bond donors (Lipinski definition) is 0. The van der Waals surface area contributed by atoms with E-state index in [1.54, 1.807) is 0 Å². The minimum atomic E-state index is 0.427. The Balaban J connectivity index is 2.24. The molecule has 1 unspecified atom stereocenters. The van der Waals surface area contributed by atoms with Gasteiger partial charge in [-0.1, -0.05) is 20.8 Å². The first kappa shape index (κ1) is 8.39. The Morgan fingerprint density at radius 1 is 1.30 bits per heavy atom. The standard InChI is InChI=1S/C9H17Cl/c1-6(2)9(10)8-4-7(3)5-8/h6-9H,4-5H2,1-3H3. The second kappa shape index (κ2) is 3.13. The van der Waals surface area contributed by atoms with E-state index in [1.807, 2.05) is 0 Å². The van der Waals surface area contributed by atoms with Gasteiger partial charge >= 0.3 is 0 Å². The molecule has 0 aliphatic heterocycles. The maximum absolute atomic E-state index is 6.18. The summed E-state index contributed by atoms with van der Waals surface area (Å²) in [6, 6.07) is 0. The summed E-state index contributed by atoms with van der Waals surface area (Å²) in [4.78, 5) is 0. The Hall–Kier alpha value is 0.290. The second-order valence-electron chi connectivity index (χ2n) is 4.03. The van der Waals surface area contributed by atoms with Gasteiger partial charge in [-0.05, 0) is 30.6 Å². The van der Waals surface area contributed by atoms with Crippen LogP contribution < -0.4 is 0 Å². The third-order valence-electron chi connectivity index (χ3n) is 2.50. The molecular weight excluding hydrogens is 144 g/mol. The monoisotopic (exact) mass is 160 g/mol. The van der Waals surface area contributed by atoms with Gasteiger partial charge in [-0.15, -0.1) is 11.6 Å². The van der Waals surface area contributed by atoms with Crippen molar-refractivity contribution < 1.29 is 0 Å². The molecule has 1 aliphatic carbocycles. The fourth-order valence-corrected chi connectivity index (χ4v) is 1.97. The molecular formula is C9H17Cl. The van der Waals surface area contributed by atoms with E-state index in [4.69, 9.17) is 11.6 Å². The summed E-state index contributed by atoms with van der Waals surface area (Å²) in [7, 11) is 0. The molecule has 0 nitrogen and oxygen atoms in total. The highest BCUT2D eigenvalue weighted by Gasteiger charge is 2.32. The van der Waals surface area contributed by atoms with Gasteiger partial charge in [0, 0.05) is 5.38 Å². The van der Waals surface area contributed by atoms with E-state index in [-0.39, 0.29) is 0 Å². The zero-order valence-corrected chi connectivity index (χ0v) is 7.86. The molecule has 0 radical (unpaired) electrons. The Labute approximate surface area is 69.0 Å². The van der Waals surface area contributed by atoms with Crippen molar-refractivity contribution in [2.24, 2.45) is 17.8 Å². The quantitative estimate of drug-likeness (QED) is 0.544. The van der Waals surface area contributed by atoms with Crippen LogP contribution in [-0.4, -0.2) is 5.38 Å². The molecule has 1 heteroatoms. The predicted octanol–water partition coefficient (Wildman–Crippen LogP) is 3.30. The van der Waals surface area contributed by atoms with Gasteiger partial charge < -0.3 is 0 Å². The Kier molecular flexibility index (Phi) is 2.62. The van der Waals surface area contributed by atoms with Crippen LogP contribution in [0.15, 0.2) is 0 Å². The molecule has 0 amide bonds. The van der Waals surface area contributed by atoms with E-state index < -0.39 is 0 Å². The van der Waals surface area contributed by atoms with Crippen molar-refractivity contribution in [3.63, 3.8) is 0 Å². The molecule has 0 aromatic heterocycles. The van der Waals surface area contributed by atoms with Crippen LogP contribution in [0.1, 0.15) is 33.6 Å². The minimum Gasteiger partial charge on any atom is -0.122 e. The van der Waals surface area contributed by atoms with Crippen molar-refractivity contribution in [1.82, 2.24) is 0 Å². The van der Waals surface area contributed by atoms with Crippen LogP contribution in [0.3, 0.4) is 0 Å². The lowest BCUT2D eigenvalue weighted by Gasteiger charge is -2.37. The van der Waals surface area contributed by atoms with Crippen LogP contribution in [0.5, 0.6) is 0 Å². The molecule has 0 saturated heterocycles. The smallest absolute Gasteiger partial charge is 0.0387 e. The van der Waals surface area contributed by atoms with E-state index in [2.05, 4.69) is 20.8 Å². The zero-order valence-electron chi connectivity index (χ0n) is 7.10. The minimum absolute atomic E-state index is 0.427. The fraction of sp³-hybridized carbons (Fsp3) is 1.00. The van der Waals surface area contributed by atoms with Crippen LogP contribution in [0.25, 0.3) is 0 Å². The Bertz CT molecular complexity index is 103. The number of rotatable bonds is 2. The molecule has 0 N–H and O–H groups in total. The lowest BCUT2D eigenvalue weighted by atomic mass is 9.72. The lowest BCUT2D eigenvalue weighted by molar-refractivity contribution is 0.186. The molecule has 0 heterocycles. The van der Waals surface area contributed by atoms with E-state index in [1.165, 1.54) is 12.8 Å². The molecule has 1 aliphatic rings. The van der Waals surface area contributed by atoms with Gasteiger partial charge in [0.05, 0.1) is 0 Å². The molecule has 0 aromatic carbocycles. The van der Waals surface area contributed by atoms with E-state index in [9.17, 15) is 0 Å². The Morgan fingerprint density at radius 2 is 1.80 bits per heavy atom. The lowest BCUT2D eigenvalue weighted by Crippen LogP contribution is -2.31. The largest absolute Gasteiger partial charge is 0.122 e. The predicted molar refractivity (Wildman–Crippen MR) is 46.4 cm³/mol. The third-order valence-corrected chi connectivity index (χ3v) is 3.36. The van der Waals surface area contributed by atoms with Gasteiger partial charge in [0.1, 0.15) is 0 Å². The van der Waals surface area contributed by atoms with Crippen molar-refractivity contribution in [3.8, 4) is 0 Å². The number of hydrogen-bond acceptors (Lipinski definition) is 0. The number of alkyl halides is 1. The van der Waals surface area contributed by atoms with Crippen molar-refractivity contribution in [2.75, 3.05) is 0 Å². The van der Waals surface area contributed by atoms with E-state index >= 15 is 0 Å². The van der Waals surface area contributed by atoms with Gasteiger partial charge in [0.2, 0.25) is 0 Å². The van der Waals surface area contributed by atoms with Crippen LogP contribution in [-0.2, 0) is 0 Å². The summed E-state index contributed by atoms with van der Waals surface area (Å²) in [6.45, 7) is 6.72. The summed E-state index contributed by atoms with van der Waals surface area (Å²) in [6.07, 6.45) is 2.71. The summed E-state index contributed by atoms with van der Waals surface area (Å²) < 4.78 is 0. The molecule has 1 rings (SSSR count). The van der Waals surface area contributed by atoms with E-state index in [0.29, 0.717) is 11.3 Å². The molecule has 1 saturated carbocycles. The molecule has 0 aromatic rings. The fourth-order valence-electron chi connectivity index (χ4n) is 1.77. The van der Waals surface area contributed by atoms with Crippen LogP contribution >= 0.6 is 11.6 Å². The van der Waals surface area contributed by atoms with Gasteiger partial charge in [-0.3, -0.25) is 0 Å². The average Bonchev–Trinajstić information content (AvgIpc) is 1.79. The summed E-state index contributed by atoms with van der Waals surface area (Å²) in [5.41, 5.74) is 0. The summed E-state index contributed by atoms with van der Waals surface area (Å²) in [5.74, 6) is 2.40. The Morgan fingerprint density at radius 3 is 2.10 bits per heavy atom. The van der Waals surface area contributed by atoms with Crippen LogP contribution in [0.4, 0.5) is 0 Å². The molecule has 60 valence electrons. The molecule has 0 spiro atoms. The van der Waals surface area contributed by atoms with Crippen molar-refractivity contribution in [1.29, 1.82) is 0 Å².